The molecule has 1 atom stereocenters. The summed E-state index contributed by atoms with van der Waals surface area (Å²) in [5.74, 6) is 0.185. The standard InChI is InChI=1S/C33H30F2N2O3/c1-39-27-15-24(16-28(17-27)40-2)30(18-33(38)36-19-22-7-11-25(34)12-8-22)31-21-37(32-6-4-3-5-29(31)32)20-23-9-13-26(35)14-10-23/h3-17,21,30H,18-20H2,1-2H3,(H,36,38). The van der Waals surface area contributed by atoms with Crippen LogP contribution in [-0.2, 0) is 17.9 Å². The van der Waals surface area contributed by atoms with Crippen LogP contribution in [0.25, 0.3) is 10.9 Å². The molecule has 5 nitrogen and oxygen atoms in total. The number of nitrogens with zero attached hydrogens (tertiary/aromatic N) is 1. The molecule has 0 aliphatic rings. The number of rotatable bonds is 10. The van der Waals surface area contributed by atoms with E-state index in [2.05, 4.69) is 16.1 Å². The fourth-order valence-electron chi connectivity index (χ4n) is 4.97. The van der Waals surface area contributed by atoms with E-state index >= 15 is 0 Å². The average molecular weight is 541 g/mol. The molecule has 40 heavy (non-hydrogen) atoms. The SMILES string of the molecule is COc1cc(OC)cc(C(CC(=O)NCc2ccc(F)cc2)c2cn(Cc3ccc(F)cc3)c3ccccc23)c1. The molecular weight excluding hydrogens is 510 g/mol. The number of aromatic nitrogens is 1. The Morgan fingerprint density at radius 1 is 0.825 bits per heavy atom. The summed E-state index contributed by atoms with van der Waals surface area (Å²) >= 11 is 0. The van der Waals surface area contributed by atoms with Crippen LogP contribution in [0.2, 0.25) is 0 Å². The molecule has 1 aromatic heterocycles. The Hall–Kier alpha value is -4.65. The Kier molecular flexibility index (Phi) is 8.10. The van der Waals surface area contributed by atoms with Crippen molar-refractivity contribution in [3.8, 4) is 11.5 Å². The molecule has 0 fully saturated rings. The van der Waals surface area contributed by atoms with Gasteiger partial charge in [-0.3, -0.25) is 4.79 Å². The van der Waals surface area contributed by atoms with E-state index in [0.29, 0.717) is 24.6 Å². The van der Waals surface area contributed by atoms with Crippen molar-refractivity contribution in [2.45, 2.75) is 25.4 Å². The largest absolute Gasteiger partial charge is 0.497 e. The highest BCUT2D eigenvalue weighted by molar-refractivity contribution is 5.87. The number of methoxy groups -OCH3 is 2. The third-order valence-corrected chi connectivity index (χ3v) is 7.03. The van der Waals surface area contributed by atoms with Crippen molar-refractivity contribution in [3.05, 3.63) is 131 Å². The minimum Gasteiger partial charge on any atom is -0.497 e. The summed E-state index contributed by atoms with van der Waals surface area (Å²) in [5, 5.41) is 4.00. The first kappa shape index (κ1) is 26.9. The van der Waals surface area contributed by atoms with Gasteiger partial charge >= 0.3 is 0 Å². The summed E-state index contributed by atoms with van der Waals surface area (Å²) in [4.78, 5) is 13.3. The van der Waals surface area contributed by atoms with Gasteiger partial charge in [-0.05, 0) is 64.7 Å². The maximum Gasteiger partial charge on any atom is 0.221 e. The molecule has 1 unspecified atom stereocenters. The van der Waals surface area contributed by atoms with Crippen molar-refractivity contribution in [1.82, 2.24) is 9.88 Å². The number of halogens is 2. The second kappa shape index (κ2) is 12.0. The fourth-order valence-corrected chi connectivity index (χ4v) is 4.97. The fraction of sp³-hybridized carbons (Fsp3) is 0.182. The van der Waals surface area contributed by atoms with Crippen LogP contribution < -0.4 is 14.8 Å². The third-order valence-electron chi connectivity index (χ3n) is 7.03. The maximum atomic E-state index is 13.5. The Morgan fingerprint density at radius 3 is 2.05 bits per heavy atom. The zero-order valence-electron chi connectivity index (χ0n) is 22.4. The van der Waals surface area contributed by atoms with Crippen LogP contribution >= 0.6 is 0 Å². The molecular formula is C33H30F2N2O3. The van der Waals surface area contributed by atoms with Gasteiger partial charge in [-0.1, -0.05) is 42.5 Å². The molecule has 7 heteroatoms. The summed E-state index contributed by atoms with van der Waals surface area (Å²) < 4.78 is 40.0. The van der Waals surface area contributed by atoms with Crippen molar-refractivity contribution in [1.29, 1.82) is 0 Å². The maximum absolute atomic E-state index is 13.5. The van der Waals surface area contributed by atoms with Crippen LogP contribution in [0.3, 0.4) is 0 Å². The first-order valence-electron chi connectivity index (χ1n) is 13.0. The number of hydrogen-bond donors (Lipinski definition) is 1. The number of benzene rings is 4. The van der Waals surface area contributed by atoms with E-state index in [9.17, 15) is 13.6 Å². The normalized spacial score (nSPS) is 11.8. The summed E-state index contributed by atoms with van der Waals surface area (Å²) in [5.41, 5.74) is 4.63. The lowest BCUT2D eigenvalue weighted by Crippen LogP contribution is -2.25. The number of fused-ring (bicyclic) bond motifs is 1. The second-order valence-electron chi connectivity index (χ2n) is 9.66. The van der Waals surface area contributed by atoms with Gasteiger partial charge in [0.25, 0.3) is 0 Å². The molecule has 0 aliphatic carbocycles. The molecule has 0 saturated carbocycles. The highest BCUT2D eigenvalue weighted by Crippen LogP contribution is 2.38. The van der Waals surface area contributed by atoms with E-state index in [1.165, 1.54) is 24.3 Å². The molecule has 0 bridgehead atoms. The lowest BCUT2D eigenvalue weighted by atomic mass is 9.87. The Bertz CT molecular complexity index is 1590. The van der Waals surface area contributed by atoms with E-state index < -0.39 is 0 Å². The number of hydrogen-bond acceptors (Lipinski definition) is 3. The van der Waals surface area contributed by atoms with Gasteiger partial charge < -0.3 is 19.4 Å². The van der Waals surface area contributed by atoms with E-state index in [1.54, 1.807) is 44.6 Å². The van der Waals surface area contributed by atoms with Gasteiger partial charge in [-0.2, -0.15) is 0 Å². The number of ether oxygens (including phenoxy) is 2. The Morgan fingerprint density at radius 2 is 1.43 bits per heavy atom. The van der Waals surface area contributed by atoms with Crippen molar-refractivity contribution in [3.63, 3.8) is 0 Å². The quantitative estimate of drug-likeness (QED) is 0.211. The van der Waals surface area contributed by atoms with Gasteiger partial charge in [0, 0.05) is 48.6 Å². The van der Waals surface area contributed by atoms with Gasteiger partial charge in [-0.15, -0.1) is 0 Å². The van der Waals surface area contributed by atoms with Gasteiger partial charge in [0.05, 0.1) is 14.2 Å². The molecule has 5 rings (SSSR count). The zero-order valence-corrected chi connectivity index (χ0v) is 22.4. The molecule has 5 aromatic rings. The second-order valence-corrected chi connectivity index (χ2v) is 9.66. The van der Waals surface area contributed by atoms with Crippen molar-refractivity contribution in [2.24, 2.45) is 0 Å². The summed E-state index contributed by atoms with van der Waals surface area (Å²) in [6.07, 6.45) is 2.24. The first-order valence-corrected chi connectivity index (χ1v) is 13.0. The minimum atomic E-state index is -0.323. The third kappa shape index (κ3) is 6.15. The van der Waals surface area contributed by atoms with Gasteiger partial charge in [0.1, 0.15) is 23.1 Å². The number of nitrogens with one attached hydrogen (secondary N) is 1. The molecule has 204 valence electrons. The van der Waals surface area contributed by atoms with Gasteiger partial charge in [0.15, 0.2) is 0 Å². The van der Waals surface area contributed by atoms with E-state index in [0.717, 1.165) is 33.2 Å². The highest BCUT2D eigenvalue weighted by atomic mass is 19.1. The van der Waals surface area contributed by atoms with Crippen molar-refractivity contribution >= 4 is 16.8 Å². The van der Waals surface area contributed by atoms with E-state index in [4.69, 9.17) is 9.47 Å². The Balaban J connectivity index is 1.53. The number of carbonyl (C=O) groups is 1. The molecule has 0 saturated heterocycles. The van der Waals surface area contributed by atoms with Gasteiger partial charge in [0.2, 0.25) is 5.91 Å². The predicted molar refractivity (Wildman–Crippen MR) is 152 cm³/mol. The van der Waals surface area contributed by atoms with E-state index in [1.807, 2.05) is 36.4 Å². The number of amides is 1. The molecule has 0 aliphatic heterocycles. The zero-order chi connectivity index (χ0) is 28.1. The van der Waals surface area contributed by atoms with Crippen molar-refractivity contribution < 1.29 is 23.0 Å². The van der Waals surface area contributed by atoms with Crippen LogP contribution in [0.5, 0.6) is 11.5 Å². The molecule has 0 spiro atoms. The smallest absolute Gasteiger partial charge is 0.221 e. The minimum absolute atomic E-state index is 0.147. The molecule has 1 heterocycles. The molecule has 1 N–H and O–H groups in total. The molecule has 0 radical (unpaired) electrons. The summed E-state index contributed by atoms with van der Waals surface area (Å²) in [6.45, 7) is 0.839. The van der Waals surface area contributed by atoms with Crippen LogP contribution in [0, 0.1) is 11.6 Å². The van der Waals surface area contributed by atoms with Crippen LogP contribution in [-0.4, -0.2) is 24.7 Å². The summed E-state index contributed by atoms with van der Waals surface area (Å²) in [6, 6.07) is 26.2. The lowest BCUT2D eigenvalue weighted by molar-refractivity contribution is -0.121. The molecule has 4 aromatic carbocycles. The van der Waals surface area contributed by atoms with Crippen LogP contribution in [0.4, 0.5) is 8.78 Å². The average Bonchev–Trinajstić information content (AvgIpc) is 3.34. The highest BCUT2D eigenvalue weighted by Gasteiger charge is 2.24. The number of para-hydroxylation sites is 1. The van der Waals surface area contributed by atoms with Crippen molar-refractivity contribution in [2.75, 3.05) is 14.2 Å². The monoisotopic (exact) mass is 540 g/mol. The van der Waals surface area contributed by atoms with Crippen LogP contribution in [0.15, 0.2) is 97.2 Å². The molecule has 1 amide bonds. The summed E-state index contributed by atoms with van der Waals surface area (Å²) in [7, 11) is 3.19. The Labute approximate surface area is 232 Å². The first-order chi connectivity index (χ1) is 19.4. The predicted octanol–water partition coefficient (Wildman–Crippen LogP) is 6.82. The number of carbonyl (C=O) groups excluding carboxylic acids is 1. The topological polar surface area (TPSA) is 52.5 Å². The van der Waals surface area contributed by atoms with Crippen LogP contribution in [0.1, 0.15) is 34.6 Å². The van der Waals surface area contributed by atoms with E-state index in [-0.39, 0.29) is 29.9 Å². The lowest BCUT2D eigenvalue weighted by Gasteiger charge is -2.19. The van der Waals surface area contributed by atoms with Gasteiger partial charge in [-0.25, -0.2) is 8.78 Å².